The van der Waals surface area contributed by atoms with E-state index in [0.29, 0.717) is 12.8 Å². The summed E-state index contributed by atoms with van der Waals surface area (Å²) in [6, 6.07) is 7.55. The van der Waals surface area contributed by atoms with Crippen molar-refractivity contribution < 1.29 is 14.4 Å². The molecule has 1 saturated carbocycles. The van der Waals surface area contributed by atoms with E-state index in [4.69, 9.17) is 0 Å². The molecule has 0 radical (unpaired) electrons. The fraction of sp³-hybridized carbons (Fsp3) is 0.400. The fourth-order valence-corrected chi connectivity index (χ4v) is 5.31. The third-order valence-corrected chi connectivity index (χ3v) is 7.28. The third kappa shape index (κ3) is 4.16. The van der Waals surface area contributed by atoms with Gasteiger partial charge in [-0.25, -0.2) is 9.78 Å². The highest BCUT2D eigenvalue weighted by molar-refractivity contribution is 8.01. The molecule has 2 aromatic rings. The van der Waals surface area contributed by atoms with E-state index in [2.05, 4.69) is 15.7 Å². The Kier molecular flexibility index (Phi) is 5.60. The van der Waals surface area contributed by atoms with Gasteiger partial charge in [-0.2, -0.15) is 5.01 Å². The molecule has 1 saturated heterocycles. The lowest BCUT2D eigenvalue weighted by Gasteiger charge is -2.30. The number of imide groups is 1. The Bertz CT molecular complexity index is 935. The van der Waals surface area contributed by atoms with Crippen LogP contribution >= 0.6 is 23.1 Å². The van der Waals surface area contributed by atoms with Gasteiger partial charge in [-0.3, -0.25) is 15.0 Å². The normalized spacial score (nSPS) is 18.2. The van der Waals surface area contributed by atoms with Crippen molar-refractivity contribution in [2.24, 2.45) is 0 Å². The van der Waals surface area contributed by atoms with Crippen molar-refractivity contribution in [2.45, 2.75) is 48.9 Å². The second-order valence-corrected chi connectivity index (χ2v) is 9.48. The molecule has 1 spiro atoms. The number of thioether (sulfide) groups is 1. The van der Waals surface area contributed by atoms with E-state index in [1.165, 1.54) is 28.7 Å². The van der Waals surface area contributed by atoms with Crippen molar-refractivity contribution in [1.29, 1.82) is 0 Å². The maximum atomic E-state index is 12.7. The van der Waals surface area contributed by atoms with Gasteiger partial charge >= 0.3 is 6.03 Å². The third-order valence-electron chi connectivity index (χ3n) is 5.26. The zero-order chi connectivity index (χ0) is 20.4. The zero-order valence-corrected chi connectivity index (χ0v) is 17.7. The molecule has 0 atom stereocenters. The van der Waals surface area contributed by atoms with Crippen LogP contribution in [0.25, 0.3) is 11.3 Å². The Balaban J connectivity index is 1.33. The molecule has 1 aliphatic heterocycles. The minimum absolute atomic E-state index is 0.0743. The molecular weight excluding hydrogens is 408 g/mol. The van der Waals surface area contributed by atoms with Gasteiger partial charge in [0, 0.05) is 10.9 Å². The first-order valence-electron chi connectivity index (χ1n) is 9.58. The number of benzene rings is 1. The molecule has 29 heavy (non-hydrogen) atoms. The molecule has 2 fully saturated rings. The second-order valence-electron chi connectivity index (χ2n) is 7.40. The molecule has 2 heterocycles. The summed E-state index contributed by atoms with van der Waals surface area (Å²) in [5.41, 5.74) is 4.70. The van der Waals surface area contributed by atoms with Crippen LogP contribution in [-0.2, 0) is 9.59 Å². The number of aromatic nitrogens is 1. The number of thiazole rings is 1. The maximum Gasteiger partial charge on any atom is 0.344 e. The topological polar surface area (TPSA) is 91.4 Å². The Hall–Kier alpha value is -2.39. The van der Waals surface area contributed by atoms with Crippen LogP contribution < -0.4 is 10.7 Å². The van der Waals surface area contributed by atoms with E-state index in [1.54, 1.807) is 0 Å². The maximum absolute atomic E-state index is 12.7. The minimum Gasteiger partial charge on any atom is -0.322 e. The minimum atomic E-state index is -0.839. The molecule has 1 aromatic carbocycles. The van der Waals surface area contributed by atoms with E-state index in [0.717, 1.165) is 39.9 Å². The smallest absolute Gasteiger partial charge is 0.322 e. The van der Waals surface area contributed by atoms with Crippen molar-refractivity contribution in [3.05, 3.63) is 35.2 Å². The summed E-state index contributed by atoms with van der Waals surface area (Å²) in [6.45, 7) is 2.03. The molecule has 2 N–H and O–H groups in total. The zero-order valence-electron chi connectivity index (χ0n) is 16.1. The molecule has 4 amide bonds. The quantitative estimate of drug-likeness (QED) is 0.560. The van der Waals surface area contributed by atoms with Crippen LogP contribution in [0, 0.1) is 6.92 Å². The predicted molar refractivity (Wildman–Crippen MR) is 112 cm³/mol. The summed E-state index contributed by atoms with van der Waals surface area (Å²) in [6.07, 6.45) is 4.11. The lowest BCUT2D eigenvalue weighted by Crippen LogP contribution is -2.51. The number of hydrogen-bond donors (Lipinski definition) is 2. The number of carbonyl (C=O) groups is 3. The van der Waals surface area contributed by atoms with Crippen molar-refractivity contribution >= 4 is 40.9 Å². The molecule has 2 aliphatic rings. The number of rotatable bonds is 5. The average Bonchev–Trinajstić information content (AvgIpc) is 3.27. The lowest BCUT2D eigenvalue weighted by atomic mass is 9.82. The summed E-state index contributed by atoms with van der Waals surface area (Å²) in [4.78, 5) is 41.8. The first-order chi connectivity index (χ1) is 14.0. The molecule has 4 rings (SSSR count). The van der Waals surface area contributed by atoms with Crippen LogP contribution in [-0.4, -0.2) is 39.1 Å². The van der Waals surface area contributed by atoms with Crippen LogP contribution in [0.5, 0.6) is 0 Å². The highest BCUT2D eigenvalue weighted by atomic mass is 32.2. The summed E-state index contributed by atoms with van der Waals surface area (Å²) in [5, 5.41) is 5.57. The van der Waals surface area contributed by atoms with Gasteiger partial charge in [0.1, 0.15) is 5.54 Å². The van der Waals surface area contributed by atoms with Crippen LogP contribution in [0.2, 0.25) is 0 Å². The number of urea groups is 1. The standard InChI is InChI=1S/C20H22N4O3S2/c1-13-5-7-14(8-6-13)15-11-28-19(21-15)29-12-16(25)23-24-17(26)20(22-18(24)27)9-3-2-4-10-20/h5-8,11H,2-4,9-10,12H2,1H3,(H,22,27)(H,23,25). The monoisotopic (exact) mass is 430 g/mol. The van der Waals surface area contributed by atoms with Gasteiger partial charge in [0.15, 0.2) is 4.34 Å². The molecule has 0 bridgehead atoms. The summed E-state index contributed by atoms with van der Waals surface area (Å²) >= 11 is 2.75. The van der Waals surface area contributed by atoms with Crippen LogP contribution in [0.4, 0.5) is 4.79 Å². The van der Waals surface area contributed by atoms with E-state index in [9.17, 15) is 14.4 Å². The average molecular weight is 431 g/mol. The van der Waals surface area contributed by atoms with Gasteiger partial charge < -0.3 is 5.32 Å². The SMILES string of the molecule is Cc1ccc(-c2csc(SCC(=O)NN3C(=O)NC4(CCCCC4)C3=O)n2)cc1. The highest BCUT2D eigenvalue weighted by Gasteiger charge is 2.52. The number of nitrogens with zero attached hydrogens (tertiary/aromatic N) is 2. The number of nitrogens with one attached hydrogen (secondary N) is 2. The van der Waals surface area contributed by atoms with E-state index >= 15 is 0 Å². The summed E-state index contributed by atoms with van der Waals surface area (Å²) < 4.78 is 0.761. The Labute approximate surface area is 177 Å². The molecule has 152 valence electrons. The number of carbonyl (C=O) groups excluding carboxylic acids is 3. The summed E-state index contributed by atoms with van der Waals surface area (Å²) in [5.74, 6) is -0.680. The van der Waals surface area contributed by atoms with E-state index < -0.39 is 17.5 Å². The second kappa shape index (κ2) is 8.16. The van der Waals surface area contributed by atoms with Gasteiger partial charge in [-0.15, -0.1) is 11.3 Å². The Morgan fingerprint density at radius 2 is 1.97 bits per heavy atom. The number of hydrogen-bond acceptors (Lipinski definition) is 6. The van der Waals surface area contributed by atoms with Crippen molar-refractivity contribution in [3.8, 4) is 11.3 Å². The van der Waals surface area contributed by atoms with Gasteiger partial charge in [-0.1, -0.05) is 60.9 Å². The Morgan fingerprint density at radius 1 is 1.24 bits per heavy atom. The first kappa shape index (κ1) is 19.9. The number of aryl methyl sites for hydroxylation is 1. The molecular formula is C20H22N4O3S2. The van der Waals surface area contributed by atoms with Crippen molar-refractivity contribution in [1.82, 2.24) is 20.7 Å². The first-order valence-corrected chi connectivity index (χ1v) is 11.4. The Morgan fingerprint density at radius 3 is 2.69 bits per heavy atom. The predicted octanol–water partition coefficient (Wildman–Crippen LogP) is 3.50. The van der Waals surface area contributed by atoms with Crippen LogP contribution in [0.1, 0.15) is 37.7 Å². The summed E-state index contributed by atoms with van der Waals surface area (Å²) in [7, 11) is 0. The van der Waals surface area contributed by atoms with Gasteiger partial charge in [0.25, 0.3) is 5.91 Å². The van der Waals surface area contributed by atoms with Gasteiger partial charge in [-0.05, 0) is 19.8 Å². The van der Waals surface area contributed by atoms with Crippen molar-refractivity contribution in [3.63, 3.8) is 0 Å². The molecule has 1 aliphatic carbocycles. The van der Waals surface area contributed by atoms with E-state index in [-0.39, 0.29) is 11.7 Å². The van der Waals surface area contributed by atoms with Gasteiger partial charge in [0.2, 0.25) is 5.91 Å². The largest absolute Gasteiger partial charge is 0.344 e. The van der Waals surface area contributed by atoms with Crippen LogP contribution in [0.3, 0.4) is 0 Å². The number of amides is 4. The van der Waals surface area contributed by atoms with Crippen LogP contribution in [0.15, 0.2) is 34.0 Å². The van der Waals surface area contributed by atoms with Crippen molar-refractivity contribution in [2.75, 3.05) is 5.75 Å². The molecule has 0 unspecified atom stereocenters. The fourth-order valence-electron chi connectivity index (χ4n) is 3.68. The molecule has 7 nitrogen and oxygen atoms in total. The van der Waals surface area contributed by atoms with Gasteiger partial charge in [0.05, 0.1) is 11.4 Å². The molecule has 9 heteroatoms. The van der Waals surface area contributed by atoms with E-state index in [1.807, 2.05) is 36.6 Å². The highest BCUT2D eigenvalue weighted by Crippen LogP contribution is 2.33. The lowest BCUT2D eigenvalue weighted by molar-refractivity contribution is -0.139. The number of hydrazine groups is 1. The molecule has 1 aromatic heterocycles.